The molecular weight excluding hydrogens is 228 g/mol. The molecule has 0 aromatic rings. The number of hydrogen-bond acceptors (Lipinski definition) is 3. The molecule has 18 heavy (non-hydrogen) atoms. The van der Waals surface area contributed by atoms with Crippen LogP contribution < -0.4 is 5.32 Å². The molecule has 1 amide bonds. The van der Waals surface area contributed by atoms with Crippen molar-refractivity contribution in [2.75, 3.05) is 19.6 Å². The summed E-state index contributed by atoms with van der Waals surface area (Å²) < 4.78 is 0. The van der Waals surface area contributed by atoms with E-state index < -0.39 is 0 Å². The number of likely N-dealkylation sites (tertiary alicyclic amines) is 1. The third-order valence-corrected chi connectivity index (χ3v) is 4.34. The minimum atomic E-state index is -0.180. The van der Waals surface area contributed by atoms with E-state index in [4.69, 9.17) is 0 Å². The van der Waals surface area contributed by atoms with Gasteiger partial charge in [0.2, 0.25) is 5.91 Å². The van der Waals surface area contributed by atoms with Gasteiger partial charge >= 0.3 is 0 Å². The third kappa shape index (κ3) is 3.45. The van der Waals surface area contributed by atoms with E-state index in [2.05, 4.69) is 5.32 Å². The second-order valence-corrected chi connectivity index (χ2v) is 5.77. The molecule has 3 atom stereocenters. The summed E-state index contributed by atoms with van der Waals surface area (Å²) in [5.74, 6) is 0.547. The van der Waals surface area contributed by atoms with Crippen LogP contribution in [0.4, 0.5) is 0 Å². The number of carbonyl (C=O) groups excluding carboxylic acids is 1. The number of amides is 1. The highest BCUT2D eigenvalue weighted by molar-refractivity contribution is 5.81. The molecule has 0 bridgehead atoms. The van der Waals surface area contributed by atoms with Crippen LogP contribution in [0.3, 0.4) is 0 Å². The van der Waals surface area contributed by atoms with Crippen LogP contribution in [0, 0.1) is 5.92 Å². The van der Waals surface area contributed by atoms with Crippen molar-refractivity contribution in [3.05, 3.63) is 0 Å². The number of hydrogen-bond donors (Lipinski definition) is 2. The molecular formula is C14H26N2O2. The number of nitrogens with zero attached hydrogens (tertiary/aromatic N) is 1. The predicted molar refractivity (Wildman–Crippen MR) is 71.2 cm³/mol. The van der Waals surface area contributed by atoms with Gasteiger partial charge in [-0.15, -0.1) is 0 Å². The molecule has 0 spiro atoms. The second kappa shape index (κ2) is 6.53. The monoisotopic (exact) mass is 254 g/mol. The Balaban J connectivity index is 1.73. The van der Waals surface area contributed by atoms with Gasteiger partial charge in [0.25, 0.3) is 0 Å². The van der Waals surface area contributed by atoms with Crippen molar-refractivity contribution < 1.29 is 9.90 Å². The molecule has 4 nitrogen and oxygen atoms in total. The van der Waals surface area contributed by atoms with Crippen LogP contribution in [0.25, 0.3) is 0 Å². The average molecular weight is 254 g/mol. The van der Waals surface area contributed by atoms with Gasteiger partial charge in [-0.3, -0.25) is 4.79 Å². The fourth-order valence-electron chi connectivity index (χ4n) is 3.05. The molecule has 1 saturated heterocycles. The molecule has 4 heteroatoms. The zero-order valence-electron chi connectivity index (χ0n) is 11.4. The Bertz CT molecular complexity index is 277. The Morgan fingerprint density at radius 3 is 2.61 bits per heavy atom. The predicted octanol–water partition coefficient (Wildman–Crippen LogP) is 1.14. The standard InChI is InChI=1S/C14H26N2O2/c1-11(14(18)16-8-4-5-9-16)15-10-12-6-2-3-7-13(12)17/h11-13,15,17H,2-10H2,1H3. The zero-order valence-corrected chi connectivity index (χ0v) is 11.4. The topological polar surface area (TPSA) is 52.6 Å². The van der Waals surface area contributed by atoms with Crippen molar-refractivity contribution in [3.8, 4) is 0 Å². The van der Waals surface area contributed by atoms with Gasteiger partial charge in [-0.05, 0) is 38.5 Å². The van der Waals surface area contributed by atoms with Crippen LogP contribution in [-0.4, -0.2) is 47.7 Å². The van der Waals surface area contributed by atoms with E-state index in [0.717, 1.165) is 51.7 Å². The van der Waals surface area contributed by atoms with Gasteiger partial charge < -0.3 is 15.3 Å². The lowest BCUT2D eigenvalue weighted by Crippen LogP contribution is -2.46. The number of carbonyl (C=O) groups is 1. The SMILES string of the molecule is CC(NCC1CCCCC1O)C(=O)N1CCCC1. The number of aliphatic hydroxyl groups is 1. The van der Waals surface area contributed by atoms with Crippen molar-refractivity contribution >= 4 is 5.91 Å². The van der Waals surface area contributed by atoms with Gasteiger partial charge in [0.15, 0.2) is 0 Å². The van der Waals surface area contributed by atoms with E-state index >= 15 is 0 Å². The smallest absolute Gasteiger partial charge is 0.239 e. The minimum absolute atomic E-state index is 0.114. The molecule has 104 valence electrons. The van der Waals surface area contributed by atoms with E-state index in [9.17, 15) is 9.90 Å². The van der Waals surface area contributed by atoms with Crippen molar-refractivity contribution in [2.45, 2.75) is 57.6 Å². The lowest BCUT2D eigenvalue weighted by molar-refractivity contribution is -0.132. The summed E-state index contributed by atoms with van der Waals surface area (Å²) in [7, 11) is 0. The van der Waals surface area contributed by atoms with Gasteiger partial charge in [-0.25, -0.2) is 0 Å². The van der Waals surface area contributed by atoms with Crippen LogP contribution in [0.1, 0.15) is 45.4 Å². The summed E-state index contributed by atoms with van der Waals surface area (Å²) >= 11 is 0. The van der Waals surface area contributed by atoms with Gasteiger partial charge in [0.05, 0.1) is 12.1 Å². The number of rotatable bonds is 4. The van der Waals surface area contributed by atoms with E-state index in [1.807, 2.05) is 11.8 Å². The Morgan fingerprint density at radius 1 is 1.28 bits per heavy atom. The van der Waals surface area contributed by atoms with Crippen molar-refractivity contribution in [1.82, 2.24) is 10.2 Å². The van der Waals surface area contributed by atoms with Crippen molar-refractivity contribution in [2.24, 2.45) is 5.92 Å². The molecule has 1 saturated carbocycles. The molecule has 1 heterocycles. The molecule has 1 aliphatic carbocycles. The fraction of sp³-hybridized carbons (Fsp3) is 0.929. The Hall–Kier alpha value is -0.610. The van der Waals surface area contributed by atoms with Crippen LogP contribution >= 0.6 is 0 Å². The maximum atomic E-state index is 12.1. The first kappa shape index (κ1) is 13.8. The largest absolute Gasteiger partial charge is 0.393 e. The summed E-state index contributed by atoms with van der Waals surface area (Å²) in [5.41, 5.74) is 0. The molecule has 2 aliphatic rings. The van der Waals surface area contributed by atoms with Gasteiger partial charge in [0.1, 0.15) is 0 Å². The van der Waals surface area contributed by atoms with E-state index in [1.165, 1.54) is 6.42 Å². The summed E-state index contributed by atoms with van der Waals surface area (Å²) in [6.45, 7) is 4.53. The first-order valence-electron chi connectivity index (χ1n) is 7.38. The molecule has 0 radical (unpaired) electrons. The third-order valence-electron chi connectivity index (χ3n) is 4.34. The summed E-state index contributed by atoms with van der Waals surface area (Å²) in [5, 5.41) is 13.2. The maximum Gasteiger partial charge on any atom is 0.239 e. The van der Waals surface area contributed by atoms with E-state index in [-0.39, 0.29) is 18.1 Å². The van der Waals surface area contributed by atoms with E-state index in [0.29, 0.717) is 5.92 Å². The Morgan fingerprint density at radius 2 is 1.94 bits per heavy atom. The maximum absolute atomic E-state index is 12.1. The van der Waals surface area contributed by atoms with E-state index in [1.54, 1.807) is 0 Å². The zero-order chi connectivity index (χ0) is 13.0. The highest BCUT2D eigenvalue weighted by Gasteiger charge is 2.26. The molecule has 2 N–H and O–H groups in total. The Kier molecular flexibility index (Phi) is 5.01. The van der Waals surface area contributed by atoms with Gasteiger partial charge in [-0.1, -0.05) is 12.8 Å². The van der Waals surface area contributed by atoms with Crippen LogP contribution in [0.15, 0.2) is 0 Å². The summed E-state index contributed by atoms with van der Waals surface area (Å²) in [6, 6.07) is -0.114. The van der Waals surface area contributed by atoms with Gasteiger partial charge in [-0.2, -0.15) is 0 Å². The fourth-order valence-corrected chi connectivity index (χ4v) is 3.05. The Labute approximate surface area is 110 Å². The molecule has 2 rings (SSSR count). The lowest BCUT2D eigenvalue weighted by Gasteiger charge is -2.29. The highest BCUT2D eigenvalue weighted by atomic mass is 16.3. The first-order chi connectivity index (χ1) is 8.68. The van der Waals surface area contributed by atoms with Gasteiger partial charge in [0, 0.05) is 19.6 Å². The van der Waals surface area contributed by atoms with Crippen LogP contribution in [0.5, 0.6) is 0 Å². The van der Waals surface area contributed by atoms with Crippen molar-refractivity contribution in [1.29, 1.82) is 0 Å². The van der Waals surface area contributed by atoms with Crippen LogP contribution in [-0.2, 0) is 4.79 Å². The molecule has 1 aliphatic heterocycles. The average Bonchev–Trinajstić information content (AvgIpc) is 2.90. The normalized spacial score (nSPS) is 30.4. The second-order valence-electron chi connectivity index (χ2n) is 5.77. The van der Waals surface area contributed by atoms with Crippen LogP contribution in [0.2, 0.25) is 0 Å². The highest BCUT2D eigenvalue weighted by Crippen LogP contribution is 2.23. The lowest BCUT2D eigenvalue weighted by atomic mass is 9.86. The van der Waals surface area contributed by atoms with Crippen molar-refractivity contribution in [3.63, 3.8) is 0 Å². The minimum Gasteiger partial charge on any atom is -0.393 e. The quantitative estimate of drug-likeness (QED) is 0.791. The molecule has 3 unspecified atom stereocenters. The summed E-state index contributed by atoms with van der Waals surface area (Å²) in [6.07, 6.45) is 6.44. The first-order valence-corrected chi connectivity index (χ1v) is 7.38. The molecule has 0 aromatic carbocycles. The molecule has 2 fully saturated rings. The summed E-state index contributed by atoms with van der Waals surface area (Å²) in [4.78, 5) is 14.1. The number of nitrogens with one attached hydrogen (secondary N) is 1. The molecule has 0 aromatic heterocycles. The number of aliphatic hydroxyl groups excluding tert-OH is 1.